The van der Waals surface area contributed by atoms with E-state index in [2.05, 4.69) is 10.4 Å². The van der Waals surface area contributed by atoms with Crippen molar-refractivity contribution in [1.29, 1.82) is 0 Å². The number of hydrogen-bond donors (Lipinski definition) is 1. The highest BCUT2D eigenvalue weighted by Crippen LogP contribution is 2.33. The number of Topliss-reactive ketones (excluding diaryl/α,β-unsaturated/α-hetero) is 1. The fraction of sp³-hybridized carbons (Fsp3) is 0.368. The first-order valence-electron chi connectivity index (χ1n) is 8.57. The van der Waals surface area contributed by atoms with Gasteiger partial charge in [0.05, 0.1) is 11.3 Å². The van der Waals surface area contributed by atoms with E-state index in [0.29, 0.717) is 23.5 Å². The highest BCUT2D eigenvalue weighted by Gasteiger charge is 2.42. The van der Waals surface area contributed by atoms with Crippen LogP contribution >= 0.6 is 0 Å². The van der Waals surface area contributed by atoms with Crippen molar-refractivity contribution in [2.45, 2.75) is 33.2 Å². The van der Waals surface area contributed by atoms with Crippen LogP contribution in [0.1, 0.15) is 36.2 Å². The van der Waals surface area contributed by atoms with Crippen LogP contribution in [0.15, 0.2) is 30.5 Å². The van der Waals surface area contributed by atoms with Crippen LogP contribution in [-0.2, 0) is 16.6 Å². The second-order valence-corrected chi connectivity index (χ2v) is 7.03. The third kappa shape index (κ3) is 3.24. The normalized spacial score (nSPS) is 14.7. The van der Waals surface area contributed by atoms with E-state index in [1.165, 1.54) is 4.90 Å². The zero-order chi connectivity index (χ0) is 19.0. The van der Waals surface area contributed by atoms with Gasteiger partial charge in [0.15, 0.2) is 5.82 Å². The second kappa shape index (κ2) is 6.74. The van der Waals surface area contributed by atoms with E-state index in [0.717, 1.165) is 5.56 Å². The van der Waals surface area contributed by atoms with Crippen molar-refractivity contribution < 1.29 is 14.4 Å². The Hall–Kier alpha value is -2.96. The van der Waals surface area contributed by atoms with Gasteiger partial charge in [-0.3, -0.25) is 24.0 Å². The fourth-order valence-electron chi connectivity index (χ4n) is 3.15. The number of nitrogens with zero attached hydrogens (tertiary/aromatic N) is 3. The molecule has 0 saturated heterocycles. The molecule has 7 nitrogen and oxygen atoms in total. The number of nitrogens with one attached hydrogen (secondary N) is 1. The number of amides is 2. The van der Waals surface area contributed by atoms with E-state index in [9.17, 15) is 14.4 Å². The minimum atomic E-state index is -0.780. The Morgan fingerprint density at radius 3 is 2.58 bits per heavy atom. The van der Waals surface area contributed by atoms with E-state index in [-0.39, 0.29) is 11.8 Å². The monoisotopic (exact) mass is 354 g/mol. The van der Waals surface area contributed by atoms with Crippen LogP contribution in [0.4, 0.5) is 11.5 Å². The summed E-state index contributed by atoms with van der Waals surface area (Å²) in [4.78, 5) is 39.3. The van der Waals surface area contributed by atoms with Gasteiger partial charge in [0, 0.05) is 19.3 Å². The Kier molecular flexibility index (Phi) is 4.63. The zero-order valence-corrected chi connectivity index (χ0v) is 15.3. The molecule has 1 aliphatic heterocycles. The highest BCUT2D eigenvalue weighted by molar-refractivity contribution is 6.53. The maximum absolute atomic E-state index is 12.9. The number of carbonyl (C=O) groups excluding carboxylic acids is 3. The molecule has 1 atom stereocenters. The first-order valence-corrected chi connectivity index (χ1v) is 8.57. The van der Waals surface area contributed by atoms with Crippen molar-refractivity contribution in [2.24, 2.45) is 13.0 Å². The summed E-state index contributed by atoms with van der Waals surface area (Å²) in [6, 6.07) is 6.16. The van der Waals surface area contributed by atoms with E-state index in [1.54, 1.807) is 36.1 Å². The van der Waals surface area contributed by atoms with E-state index >= 15 is 0 Å². The molecular weight excluding hydrogens is 332 g/mol. The Balaban J connectivity index is 1.96. The molecular formula is C19H22N4O3. The van der Waals surface area contributed by atoms with E-state index in [4.69, 9.17) is 0 Å². The number of hydrogen-bond acceptors (Lipinski definition) is 4. The molecule has 3 rings (SSSR count). The van der Waals surface area contributed by atoms with Gasteiger partial charge < -0.3 is 5.32 Å². The second-order valence-electron chi connectivity index (χ2n) is 7.03. The third-order valence-electron chi connectivity index (χ3n) is 4.34. The van der Waals surface area contributed by atoms with Crippen LogP contribution < -0.4 is 10.2 Å². The van der Waals surface area contributed by atoms with Crippen molar-refractivity contribution >= 4 is 29.1 Å². The predicted octanol–water partition coefficient (Wildman–Crippen LogP) is 2.31. The molecule has 0 radical (unpaired) electrons. The number of ketones is 1. The van der Waals surface area contributed by atoms with Gasteiger partial charge in [0.1, 0.15) is 6.04 Å². The van der Waals surface area contributed by atoms with Crippen molar-refractivity contribution in [3.63, 3.8) is 0 Å². The molecule has 0 aliphatic carbocycles. The molecule has 136 valence electrons. The Morgan fingerprint density at radius 2 is 1.96 bits per heavy atom. The summed E-state index contributed by atoms with van der Waals surface area (Å²) in [7, 11) is 1.75. The summed E-state index contributed by atoms with van der Waals surface area (Å²) in [5, 5.41) is 6.89. The minimum Gasteiger partial charge on any atom is -0.307 e. The summed E-state index contributed by atoms with van der Waals surface area (Å²) in [5.41, 5.74) is 1.74. The Labute approximate surface area is 152 Å². The number of fused-ring (bicyclic) bond motifs is 1. The average molecular weight is 354 g/mol. The number of benzene rings is 1. The largest absolute Gasteiger partial charge is 0.307 e. The molecule has 1 N–H and O–H groups in total. The van der Waals surface area contributed by atoms with Crippen LogP contribution in [0, 0.1) is 12.8 Å². The standard InChI is InChI=1S/C19H22N4O3/c1-11(2)9-15(18(25)20-16-7-8-22(4)21-16)23-14-6-5-12(3)10-13(14)17(24)19(23)26/h5-8,10-11,15H,9H2,1-4H3,(H,20,21,25). The lowest BCUT2D eigenvalue weighted by Crippen LogP contribution is -2.47. The number of rotatable bonds is 5. The summed E-state index contributed by atoms with van der Waals surface area (Å²) >= 11 is 0. The lowest BCUT2D eigenvalue weighted by Gasteiger charge is -2.28. The van der Waals surface area contributed by atoms with E-state index < -0.39 is 17.7 Å². The van der Waals surface area contributed by atoms with Crippen molar-refractivity contribution in [2.75, 3.05) is 10.2 Å². The smallest absolute Gasteiger partial charge is 0.300 e. The topological polar surface area (TPSA) is 84.3 Å². The number of aromatic nitrogens is 2. The molecule has 0 saturated carbocycles. The fourth-order valence-corrected chi connectivity index (χ4v) is 3.15. The molecule has 1 unspecified atom stereocenters. The van der Waals surface area contributed by atoms with Crippen LogP contribution in [0.3, 0.4) is 0 Å². The molecule has 0 fully saturated rings. The van der Waals surface area contributed by atoms with Gasteiger partial charge in [-0.05, 0) is 31.4 Å². The van der Waals surface area contributed by atoms with Crippen LogP contribution in [0.5, 0.6) is 0 Å². The molecule has 26 heavy (non-hydrogen) atoms. The van der Waals surface area contributed by atoms with Gasteiger partial charge in [-0.1, -0.05) is 25.5 Å². The summed E-state index contributed by atoms with van der Waals surface area (Å²) < 4.78 is 1.58. The summed E-state index contributed by atoms with van der Waals surface area (Å²) in [6.07, 6.45) is 2.15. The molecule has 2 aromatic rings. The highest BCUT2D eigenvalue weighted by atomic mass is 16.2. The lowest BCUT2D eigenvalue weighted by atomic mass is 10.0. The molecule has 2 heterocycles. The van der Waals surface area contributed by atoms with Crippen LogP contribution in [0.2, 0.25) is 0 Å². The Morgan fingerprint density at radius 1 is 1.23 bits per heavy atom. The first kappa shape index (κ1) is 17.8. The molecule has 1 aromatic heterocycles. The van der Waals surface area contributed by atoms with Gasteiger partial charge in [0.2, 0.25) is 5.91 Å². The maximum Gasteiger partial charge on any atom is 0.300 e. The summed E-state index contributed by atoms with van der Waals surface area (Å²) in [6.45, 7) is 5.80. The molecule has 0 spiro atoms. The number of carbonyl (C=O) groups is 3. The predicted molar refractivity (Wildman–Crippen MR) is 98.1 cm³/mol. The van der Waals surface area contributed by atoms with E-state index in [1.807, 2.05) is 26.8 Å². The van der Waals surface area contributed by atoms with Crippen molar-refractivity contribution in [1.82, 2.24) is 9.78 Å². The first-order chi connectivity index (χ1) is 12.3. The number of aryl methyl sites for hydroxylation is 2. The summed E-state index contributed by atoms with van der Waals surface area (Å²) in [5.74, 6) is -1.01. The molecule has 1 aromatic carbocycles. The third-order valence-corrected chi connectivity index (χ3v) is 4.34. The number of anilines is 2. The molecule has 2 amide bonds. The van der Waals surface area contributed by atoms with Gasteiger partial charge in [-0.2, -0.15) is 5.10 Å². The SMILES string of the molecule is Cc1ccc2c(c1)C(=O)C(=O)N2C(CC(C)C)C(=O)Nc1ccn(C)n1. The quantitative estimate of drug-likeness (QED) is 0.835. The van der Waals surface area contributed by atoms with Gasteiger partial charge in [-0.25, -0.2) is 0 Å². The van der Waals surface area contributed by atoms with Gasteiger partial charge >= 0.3 is 0 Å². The van der Waals surface area contributed by atoms with Crippen molar-refractivity contribution in [3.8, 4) is 0 Å². The van der Waals surface area contributed by atoms with Crippen LogP contribution in [-0.4, -0.2) is 33.4 Å². The zero-order valence-electron chi connectivity index (χ0n) is 15.3. The Bertz CT molecular complexity index is 885. The molecule has 0 bridgehead atoms. The van der Waals surface area contributed by atoms with Crippen LogP contribution in [0.25, 0.3) is 0 Å². The van der Waals surface area contributed by atoms with Crippen molar-refractivity contribution in [3.05, 3.63) is 41.6 Å². The average Bonchev–Trinajstić information content (AvgIpc) is 3.08. The van der Waals surface area contributed by atoms with Gasteiger partial charge in [-0.15, -0.1) is 0 Å². The van der Waals surface area contributed by atoms with Gasteiger partial charge in [0.25, 0.3) is 11.7 Å². The minimum absolute atomic E-state index is 0.159. The molecule has 7 heteroatoms. The lowest BCUT2D eigenvalue weighted by molar-refractivity contribution is -0.121. The molecule has 1 aliphatic rings. The maximum atomic E-state index is 12.9.